The molecule has 0 spiro atoms. The Kier molecular flexibility index (Phi) is 3.61. The molecule has 2 rings (SSSR count). The number of rotatable bonds is 5. The molecular weight excluding hydrogens is 238 g/mol. The van der Waals surface area contributed by atoms with Crippen LogP contribution in [0, 0.1) is 5.92 Å². The minimum Gasteiger partial charge on any atom is -0.496 e. The van der Waals surface area contributed by atoms with Crippen molar-refractivity contribution in [2.24, 2.45) is 5.92 Å². The molecule has 1 fully saturated rings. The summed E-state index contributed by atoms with van der Waals surface area (Å²) in [6.07, 6.45) is 2.10. The predicted octanol–water partition coefficient (Wildman–Crippen LogP) is 2.17. The van der Waals surface area contributed by atoms with Gasteiger partial charge in [-0.2, -0.15) is 0 Å². The van der Waals surface area contributed by atoms with Crippen molar-refractivity contribution in [2.45, 2.75) is 18.4 Å². The van der Waals surface area contributed by atoms with E-state index in [0.29, 0.717) is 23.2 Å². The van der Waals surface area contributed by atoms with Crippen molar-refractivity contribution in [1.82, 2.24) is 5.32 Å². The lowest BCUT2D eigenvalue weighted by Crippen LogP contribution is -2.39. The zero-order valence-corrected chi connectivity index (χ0v) is 10.9. The van der Waals surface area contributed by atoms with Crippen LogP contribution in [-0.4, -0.2) is 25.8 Å². The van der Waals surface area contributed by atoms with Crippen LogP contribution in [0.25, 0.3) is 0 Å². The molecule has 1 aromatic rings. The quantitative estimate of drug-likeness (QED) is 0.847. The van der Waals surface area contributed by atoms with Crippen molar-refractivity contribution in [3.63, 3.8) is 0 Å². The van der Waals surface area contributed by atoms with Gasteiger partial charge in [-0.1, -0.05) is 11.6 Å². The summed E-state index contributed by atoms with van der Waals surface area (Å²) >= 11 is 6.02. The van der Waals surface area contributed by atoms with Gasteiger partial charge in [-0.25, -0.2) is 0 Å². The van der Waals surface area contributed by atoms with E-state index < -0.39 is 5.60 Å². The second-order valence-corrected chi connectivity index (χ2v) is 5.01. The standard InChI is InChI=1S/C13H18ClNO2/c1-15-8-13(16,9-3-4-9)11-7-10(14)5-6-12(11)17-2/h5-7,9,15-16H,3-4,8H2,1-2H3. The third-order valence-corrected chi connectivity index (χ3v) is 3.56. The normalized spacial score (nSPS) is 18.8. The van der Waals surface area contributed by atoms with E-state index in [2.05, 4.69) is 5.32 Å². The summed E-state index contributed by atoms with van der Waals surface area (Å²) < 4.78 is 5.32. The number of likely N-dealkylation sites (N-methyl/N-ethyl adjacent to an activating group) is 1. The van der Waals surface area contributed by atoms with Crippen LogP contribution in [0.5, 0.6) is 5.75 Å². The number of ether oxygens (including phenoxy) is 1. The molecule has 17 heavy (non-hydrogen) atoms. The van der Waals surface area contributed by atoms with E-state index in [1.54, 1.807) is 25.3 Å². The molecule has 1 atom stereocenters. The number of nitrogens with one attached hydrogen (secondary N) is 1. The summed E-state index contributed by atoms with van der Waals surface area (Å²) in [6, 6.07) is 5.38. The summed E-state index contributed by atoms with van der Waals surface area (Å²) in [4.78, 5) is 0. The summed E-state index contributed by atoms with van der Waals surface area (Å²) in [6.45, 7) is 0.508. The first-order valence-corrected chi connectivity index (χ1v) is 6.20. The lowest BCUT2D eigenvalue weighted by molar-refractivity contribution is 0.0131. The van der Waals surface area contributed by atoms with Crippen molar-refractivity contribution in [3.05, 3.63) is 28.8 Å². The number of hydrogen-bond acceptors (Lipinski definition) is 3. The Balaban J connectivity index is 2.44. The lowest BCUT2D eigenvalue weighted by Gasteiger charge is -2.30. The smallest absolute Gasteiger partial charge is 0.125 e. The number of methoxy groups -OCH3 is 1. The van der Waals surface area contributed by atoms with Gasteiger partial charge in [-0.3, -0.25) is 0 Å². The maximum absolute atomic E-state index is 10.9. The topological polar surface area (TPSA) is 41.5 Å². The molecule has 94 valence electrons. The van der Waals surface area contributed by atoms with E-state index in [4.69, 9.17) is 16.3 Å². The molecule has 1 aromatic carbocycles. The highest BCUT2D eigenvalue weighted by Crippen LogP contribution is 2.48. The fourth-order valence-electron chi connectivity index (χ4n) is 2.31. The molecule has 3 nitrogen and oxygen atoms in total. The third kappa shape index (κ3) is 2.41. The minimum atomic E-state index is -0.884. The van der Waals surface area contributed by atoms with E-state index >= 15 is 0 Å². The van der Waals surface area contributed by atoms with E-state index in [9.17, 15) is 5.11 Å². The van der Waals surface area contributed by atoms with Crippen LogP contribution >= 0.6 is 11.6 Å². The molecule has 0 radical (unpaired) electrons. The zero-order chi connectivity index (χ0) is 12.5. The molecule has 0 bridgehead atoms. The molecule has 4 heteroatoms. The maximum atomic E-state index is 10.9. The van der Waals surface area contributed by atoms with Gasteiger partial charge in [0.05, 0.1) is 7.11 Å². The third-order valence-electron chi connectivity index (χ3n) is 3.33. The summed E-state index contributed by atoms with van der Waals surface area (Å²) in [5, 5.41) is 14.5. The zero-order valence-electron chi connectivity index (χ0n) is 10.2. The molecular formula is C13H18ClNO2. The molecule has 0 heterocycles. The van der Waals surface area contributed by atoms with Crippen molar-refractivity contribution in [1.29, 1.82) is 0 Å². The highest BCUT2D eigenvalue weighted by molar-refractivity contribution is 6.30. The van der Waals surface area contributed by atoms with Gasteiger partial charge < -0.3 is 15.2 Å². The van der Waals surface area contributed by atoms with E-state index in [1.807, 2.05) is 7.05 Å². The lowest BCUT2D eigenvalue weighted by atomic mass is 9.88. The fraction of sp³-hybridized carbons (Fsp3) is 0.538. The Morgan fingerprint density at radius 1 is 1.53 bits per heavy atom. The van der Waals surface area contributed by atoms with Crippen molar-refractivity contribution >= 4 is 11.6 Å². The minimum absolute atomic E-state index is 0.294. The molecule has 1 unspecified atom stereocenters. The van der Waals surface area contributed by atoms with Gasteiger partial charge in [-0.05, 0) is 44.0 Å². The first-order valence-electron chi connectivity index (χ1n) is 5.83. The van der Waals surface area contributed by atoms with Crippen LogP contribution in [0.1, 0.15) is 18.4 Å². The number of halogens is 1. The van der Waals surface area contributed by atoms with Gasteiger partial charge in [0.2, 0.25) is 0 Å². The van der Waals surface area contributed by atoms with Gasteiger partial charge in [-0.15, -0.1) is 0 Å². The van der Waals surface area contributed by atoms with Gasteiger partial charge >= 0.3 is 0 Å². The number of hydrogen-bond donors (Lipinski definition) is 2. The van der Waals surface area contributed by atoms with Gasteiger partial charge in [0.25, 0.3) is 0 Å². The number of aliphatic hydroxyl groups is 1. The first-order chi connectivity index (χ1) is 8.11. The van der Waals surface area contributed by atoms with Crippen LogP contribution in [0.2, 0.25) is 5.02 Å². The molecule has 0 saturated heterocycles. The first kappa shape index (κ1) is 12.7. The maximum Gasteiger partial charge on any atom is 0.125 e. The molecule has 1 saturated carbocycles. The van der Waals surface area contributed by atoms with Crippen LogP contribution in [0.15, 0.2) is 18.2 Å². The highest BCUT2D eigenvalue weighted by Gasteiger charge is 2.46. The summed E-state index contributed by atoms with van der Waals surface area (Å²) in [5.41, 5.74) is -0.102. The predicted molar refractivity (Wildman–Crippen MR) is 68.6 cm³/mol. The van der Waals surface area contributed by atoms with E-state index in [-0.39, 0.29) is 0 Å². The van der Waals surface area contributed by atoms with Gasteiger partial charge in [0, 0.05) is 17.1 Å². The average molecular weight is 256 g/mol. The van der Waals surface area contributed by atoms with Gasteiger partial charge in [0.15, 0.2) is 0 Å². The Morgan fingerprint density at radius 2 is 2.24 bits per heavy atom. The number of benzene rings is 1. The Labute approximate surface area is 107 Å². The molecule has 0 amide bonds. The second kappa shape index (κ2) is 4.84. The van der Waals surface area contributed by atoms with Crippen molar-refractivity contribution in [2.75, 3.05) is 20.7 Å². The Morgan fingerprint density at radius 3 is 2.76 bits per heavy atom. The van der Waals surface area contributed by atoms with Crippen LogP contribution in [-0.2, 0) is 5.60 Å². The van der Waals surface area contributed by atoms with Crippen LogP contribution in [0.4, 0.5) is 0 Å². The highest BCUT2D eigenvalue weighted by atomic mass is 35.5. The molecule has 1 aliphatic carbocycles. The van der Waals surface area contributed by atoms with Crippen molar-refractivity contribution in [3.8, 4) is 5.75 Å². The average Bonchev–Trinajstić information content (AvgIpc) is 3.13. The molecule has 1 aliphatic rings. The van der Waals surface area contributed by atoms with Crippen molar-refractivity contribution < 1.29 is 9.84 Å². The van der Waals surface area contributed by atoms with Crippen LogP contribution < -0.4 is 10.1 Å². The monoisotopic (exact) mass is 255 g/mol. The van der Waals surface area contributed by atoms with E-state index in [0.717, 1.165) is 18.4 Å². The fourth-order valence-corrected chi connectivity index (χ4v) is 2.48. The van der Waals surface area contributed by atoms with Gasteiger partial charge in [0.1, 0.15) is 11.4 Å². The van der Waals surface area contributed by atoms with E-state index in [1.165, 1.54) is 0 Å². The Bertz CT molecular complexity index is 406. The summed E-state index contributed by atoms with van der Waals surface area (Å²) in [5.74, 6) is 0.987. The largest absolute Gasteiger partial charge is 0.496 e. The Hall–Kier alpha value is -0.770. The second-order valence-electron chi connectivity index (χ2n) is 4.57. The molecule has 0 aliphatic heterocycles. The molecule has 0 aromatic heterocycles. The molecule has 2 N–H and O–H groups in total. The van der Waals surface area contributed by atoms with Crippen LogP contribution in [0.3, 0.4) is 0 Å². The summed E-state index contributed by atoms with van der Waals surface area (Å²) in [7, 11) is 3.45. The SMILES string of the molecule is CNCC(O)(c1cc(Cl)ccc1OC)C1CC1.